The van der Waals surface area contributed by atoms with Crippen molar-refractivity contribution >= 4 is 0 Å². The van der Waals surface area contributed by atoms with Gasteiger partial charge >= 0.3 is 0 Å². The first-order valence-corrected chi connectivity index (χ1v) is 6.01. The van der Waals surface area contributed by atoms with Crippen LogP contribution in [0, 0.1) is 11.3 Å². The van der Waals surface area contributed by atoms with Crippen LogP contribution in [-0.2, 0) is 5.41 Å². The van der Waals surface area contributed by atoms with Gasteiger partial charge in [-0.3, -0.25) is 0 Å². The lowest BCUT2D eigenvalue weighted by Gasteiger charge is -2.36. The molecule has 0 spiro atoms. The number of rotatable bonds is 2. The van der Waals surface area contributed by atoms with Gasteiger partial charge in [0.2, 0.25) is 0 Å². The lowest BCUT2D eigenvalue weighted by Crippen LogP contribution is -2.37. The van der Waals surface area contributed by atoms with E-state index in [2.05, 4.69) is 18.2 Å². The lowest BCUT2D eigenvalue weighted by molar-refractivity contribution is 0.301. The Morgan fingerprint density at radius 1 is 1.12 bits per heavy atom. The van der Waals surface area contributed by atoms with E-state index in [0.717, 1.165) is 12.1 Å². The van der Waals surface area contributed by atoms with Gasteiger partial charge in [0, 0.05) is 12.0 Å². The summed E-state index contributed by atoms with van der Waals surface area (Å²) in [6.07, 6.45) is 6.26. The quantitative estimate of drug-likeness (QED) is 0.823. The third kappa shape index (κ3) is 1.96. The molecule has 2 nitrogen and oxygen atoms in total. The van der Waals surface area contributed by atoms with Crippen LogP contribution in [0.2, 0.25) is 0 Å². The van der Waals surface area contributed by atoms with Gasteiger partial charge in [0.15, 0.2) is 0 Å². The van der Waals surface area contributed by atoms with E-state index in [1.54, 1.807) is 0 Å². The van der Waals surface area contributed by atoms with Crippen molar-refractivity contribution in [1.29, 1.82) is 5.26 Å². The van der Waals surface area contributed by atoms with Crippen molar-refractivity contribution in [2.24, 2.45) is 5.73 Å². The largest absolute Gasteiger partial charge is 0.330 e. The van der Waals surface area contributed by atoms with Crippen molar-refractivity contribution in [3.05, 3.63) is 35.4 Å². The van der Waals surface area contributed by atoms with Crippen molar-refractivity contribution in [1.82, 2.24) is 0 Å². The van der Waals surface area contributed by atoms with Gasteiger partial charge in [-0.05, 0) is 30.5 Å². The summed E-state index contributed by atoms with van der Waals surface area (Å²) in [5, 5.41) is 8.79. The fourth-order valence-corrected chi connectivity index (χ4v) is 2.74. The Bertz CT molecular complexity index is 380. The summed E-state index contributed by atoms with van der Waals surface area (Å²) >= 11 is 0. The van der Waals surface area contributed by atoms with Crippen LogP contribution in [0.25, 0.3) is 0 Å². The van der Waals surface area contributed by atoms with E-state index in [-0.39, 0.29) is 5.41 Å². The van der Waals surface area contributed by atoms with Gasteiger partial charge < -0.3 is 5.73 Å². The molecule has 1 aliphatic carbocycles. The van der Waals surface area contributed by atoms with E-state index in [9.17, 15) is 0 Å². The third-order valence-electron chi connectivity index (χ3n) is 3.83. The van der Waals surface area contributed by atoms with Crippen molar-refractivity contribution in [3.8, 4) is 6.07 Å². The highest BCUT2D eigenvalue weighted by Crippen LogP contribution is 2.38. The number of hydrogen-bond acceptors (Lipinski definition) is 2. The zero-order chi connectivity index (χ0) is 11.4. The zero-order valence-corrected chi connectivity index (χ0v) is 9.58. The average Bonchev–Trinajstić information content (AvgIpc) is 2.39. The summed E-state index contributed by atoms with van der Waals surface area (Å²) in [5.74, 6) is 0. The molecule has 0 saturated heterocycles. The first-order valence-electron chi connectivity index (χ1n) is 6.01. The summed E-state index contributed by atoms with van der Waals surface area (Å²) in [6, 6.07) is 10.1. The molecule has 0 atom stereocenters. The van der Waals surface area contributed by atoms with E-state index in [1.165, 1.54) is 37.7 Å². The van der Waals surface area contributed by atoms with Crippen LogP contribution in [0.4, 0.5) is 0 Å². The monoisotopic (exact) mass is 214 g/mol. The summed E-state index contributed by atoms with van der Waals surface area (Å²) in [4.78, 5) is 0. The second-order valence-corrected chi connectivity index (χ2v) is 4.73. The molecule has 1 saturated carbocycles. The maximum atomic E-state index is 8.79. The molecule has 0 bridgehead atoms. The van der Waals surface area contributed by atoms with Gasteiger partial charge in [-0.2, -0.15) is 5.26 Å². The molecular formula is C14H18N2. The topological polar surface area (TPSA) is 49.8 Å². The molecular weight excluding hydrogens is 196 g/mol. The summed E-state index contributed by atoms with van der Waals surface area (Å²) in [7, 11) is 0. The first-order chi connectivity index (χ1) is 7.80. The van der Waals surface area contributed by atoms with E-state index in [1.807, 2.05) is 12.1 Å². The molecule has 2 rings (SSSR count). The highest BCUT2D eigenvalue weighted by Gasteiger charge is 2.32. The van der Waals surface area contributed by atoms with Gasteiger partial charge in [0.1, 0.15) is 0 Å². The SMILES string of the molecule is N#Cc1ccc(C2(CN)CCCCC2)cc1. The molecule has 0 amide bonds. The zero-order valence-electron chi connectivity index (χ0n) is 9.58. The smallest absolute Gasteiger partial charge is 0.0991 e. The highest BCUT2D eigenvalue weighted by molar-refractivity contribution is 5.35. The van der Waals surface area contributed by atoms with Crippen LogP contribution < -0.4 is 5.73 Å². The van der Waals surface area contributed by atoms with E-state index in [0.29, 0.717) is 0 Å². The van der Waals surface area contributed by atoms with Crippen LogP contribution in [0.3, 0.4) is 0 Å². The van der Waals surface area contributed by atoms with Gasteiger partial charge in [-0.1, -0.05) is 31.4 Å². The van der Waals surface area contributed by atoms with Crippen LogP contribution in [0.1, 0.15) is 43.2 Å². The molecule has 0 heterocycles. The summed E-state index contributed by atoms with van der Waals surface area (Å²) in [6.45, 7) is 0.721. The van der Waals surface area contributed by atoms with Gasteiger partial charge in [-0.25, -0.2) is 0 Å². The molecule has 0 radical (unpaired) electrons. The fourth-order valence-electron chi connectivity index (χ4n) is 2.74. The maximum Gasteiger partial charge on any atom is 0.0991 e. The van der Waals surface area contributed by atoms with Crippen LogP contribution in [0.5, 0.6) is 0 Å². The minimum absolute atomic E-state index is 0.173. The molecule has 0 aliphatic heterocycles. The molecule has 1 aliphatic rings. The fraction of sp³-hybridized carbons (Fsp3) is 0.500. The molecule has 2 N–H and O–H groups in total. The lowest BCUT2D eigenvalue weighted by atomic mass is 9.69. The third-order valence-corrected chi connectivity index (χ3v) is 3.83. The minimum Gasteiger partial charge on any atom is -0.330 e. The Balaban J connectivity index is 2.29. The molecule has 16 heavy (non-hydrogen) atoms. The Morgan fingerprint density at radius 3 is 2.25 bits per heavy atom. The molecule has 1 aromatic rings. The van der Waals surface area contributed by atoms with Crippen molar-refractivity contribution < 1.29 is 0 Å². The number of benzene rings is 1. The molecule has 1 fully saturated rings. The molecule has 1 aromatic carbocycles. The van der Waals surface area contributed by atoms with Gasteiger partial charge in [0.25, 0.3) is 0 Å². The number of nitriles is 1. The Hall–Kier alpha value is -1.33. The Morgan fingerprint density at radius 2 is 1.75 bits per heavy atom. The second kappa shape index (κ2) is 4.67. The average molecular weight is 214 g/mol. The normalized spacial score (nSPS) is 19.0. The molecule has 84 valence electrons. The number of hydrogen-bond donors (Lipinski definition) is 1. The number of nitrogens with two attached hydrogens (primary N) is 1. The van der Waals surface area contributed by atoms with Crippen LogP contribution >= 0.6 is 0 Å². The van der Waals surface area contributed by atoms with E-state index < -0.39 is 0 Å². The second-order valence-electron chi connectivity index (χ2n) is 4.73. The summed E-state index contributed by atoms with van der Waals surface area (Å²) in [5.41, 5.74) is 8.19. The maximum absolute atomic E-state index is 8.79. The standard InChI is InChI=1S/C14H18N2/c15-10-12-4-6-13(7-5-12)14(11-16)8-2-1-3-9-14/h4-7H,1-3,8-9,11,16H2. The highest BCUT2D eigenvalue weighted by atomic mass is 14.6. The van der Waals surface area contributed by atoms with E-state index >= 15 is 0 Å². The predicted octanol–water partition coefficient (Wildman–Crippen LogP) is 2.72. The summed E-state index contributed by atoms with van der Waals surface area (Å²) < 4.78 is 0. The molecule has 2 heteroatoms. The number of nitrogens with zero attached hydrogens (tertiary/aromatic N) is 1. The van der Waals surface area contributed by atoms with Gasteiger partial charge in [-0.15, -0.1) is 0 Å². The van der Waals surface area contributed by atoms with Crippen molar-refractivity contribution in [2.45, 2.75) is 37.5 Å². The van der Waals surface area contributed by atoms with Crippen molar-refractivity contribution in [2.75, 3.05) is 6.54 Å². The minimum atomic E-state index is 0.173. The Labute approximate surface area is 97.1 Å². The van der Waals surface area contributed by atoms with Crippen molar-refractivity contribution in [3.63, 3.8) is 0 Å². The first kappa shape index (κ1) is 11.2. The Kier molecular flexibility index (Phi) is 3.26. The van der Waals surface area contributed by atoms with Gasteiger partial charge in [0.05, 0.1) is 11.6 Å². The van der Waals surface area contributed by atoms with E-state index in [4.69, 9.17) is 11.0 Å². The molecule has 0 aromatic heterocycles. The van der Waals surface area contributed by atoms with Crippen LogP contribution in [0.15, 0.2) is 24.3 Å². The molecule has 0 unspecified atom stereocenters. The van der Waals surface area contributed by atoms with Crippen LogP contribution in [-0.4, -0.2) is 6.54 Å². The predicted molar refractivity (Wildman–Crippen MR) is 65.0 cm³/mol.